The van der Waals surface area contributed by atoms with E-state index in [1.807, 2.05) is 29.6 Å². The van der Waals surface area contributed by atoms with Gasteiger partial charge in [0.1, 0.15) is 0 Å². The predicted molar refractivity (Wildman–Crippen MR) is 95.1 cm³/mol. The molecule has 2 aliphatic rings. The van der Waals surface area contributed by atoms with Gasteiger partial charge < -0.3 is 4.90 Å². The predicted octanol–water partition coefficient (Wildman–Crippen LogP) is 1.92. The van der Waals surface area contributed by atoms with E-state index in [4.69, 9.17) is 5.10 Å². The van der Waals surface area contributed by atoms with Gasteiger partial charge in [-0.1, -0.05) is 0 Å². The average Bonchev–Trinajstić information content (AvgIpc) is 3.23. The number of nitrogens with zero attached hydrogens (tertiary/aromatic N) is 5. The number of pyridine rings is 1. The zero-order valence-electron chi connectivity index (χ0n) is 15.0. The summed E-state index contributed by atoms with van der Waals surface area (Å²) in [6.07, 6.45) is 6.91. The maximum Gasteiger partial charge on any atom is 0.255 e. The van der Waals surface area contributed by atoms with E-state index in [-0.39, 0.29) is 5.91 Å². The van der Waals surface area contributed by atoms with E-state index in [1.54, 1.807) is 12.4 Å². The van der Waals surface area contributed by atoms with Crippen molar-refractivity contribution in [2.45, 2.75) is 39.3 Å². The fourth-order valence-electron chi connectivity index (χ4n) is 3.96. The zero-order valence-corrected chi connectivity index (χ0v) is 15.0. The summed E-state index contributed by atoms with van der Waals surface area (Å²) in [6.45, 7) is 6.64. The molecule has 2 aromatic heterocycles. The summed E-state index contributed by atoms with van der Waals surface area (Å²) in [4.78, 5) is 21.4. The number of hydrogen-bond acceptors (Lipinski definition) is 4. The Morgan fingerprint density at radius 1 is 1.20 bits per heavy atom. The highest BCUT2D eigenvalue weighted by Gasteiger charge is 2.28. The number of rotatable bonds is 3. The molecule has 0 radical (unpaired) electrons. The van der Waals surface area contributed by atoms with Crippen molar-refractivity contribution in [3.8, 4) is 0 Å². The molecule has 4 rings (SSSR count). The Labute approximate surface area is 148 Å². The minimum atomic E-state index is 0.0594. The first-order chi connectivity index (χ1) is 12.1. The zero-order chi connectivity index (χ0) is 17.4. The van der Waals surface area contributed by atoms with Crippen LogP contribution in [0.3, 0.4) is 0 Å². The van der Waals surface area contributed by atoms with E-state index in [0.717, 1.165) is 25.1 Å². The monoisotopic (exact) mass is 339 g/mol. The summed E-state index contributed by atoms with van der Waals surface area (Å²) >= 11 is 0. The standard InChI is InChI=1S/C19H25N5O/c1-14-9-15(11-20-10-14)19(25)24-8-5-16-17(12-23-6-3-4-7-23)21-22(2)18(16)13-24/h9-11H,3-8,12-13H2,1-2H3. The molecule has 2 aliphatic heterocycles. The summed E-state index contributed by atoms with van der Waals surface area (Å²) < 4.78 is 1.97. The summed E-state index contributed by atoms with van der Waals surface area (Å²) in [5.74, 6) is 0.0594. The van der Waals surface area contributed by atoms with Crippen LogP contribution in [0.4, 0.5) is 0 Å². The fraction of sp³-hybridized carbons (Fsp3) is 0.526. The Morgan fingerprint density at radius 3 is 2.76 bits per heavy atom. The van der Waals surface area contributed by atoms with Gasteiger partial charge in [-0.15, -0.1) is 0 Å². The van der Waals surface area contributed by atoms with Crippen LogP contribution in [0.1, 0.15) is 45.7 Å². The van der Waals surface area contributed by atoms with Crippen molar-refractivity contribution in [1.82, 2.24) is 24.6 Å². The van der Waals surface area contributed by atoms with Crippen LogP contribution in [0.25, 0.3) is 0 Å². The largest absolute Gasteiger partial charge is 0.332 e. The van der Waals surface area contributed by atoms with E-state index in [1.165, 1.54) is 42.9 Å². The molecule has 6 nitrogen and oxygen atoms in total. The van der Waals surface area contributed by atoms with Crippen LogP contribution >= 0.6 is 0 Å². The van der Waals surface area contributed by atoms with Gasteiger partial charge in [-0.05, 0) is 50.9 Å². The van der Waals surface area contributed by atoms with Gasteiger partial charge in [0, 0.05) is 38.1 Å². The topological polar surface area (TPSA) is 54.3 Å². The number of aryl methyl sites for hydroxylation is 2. The van der Waals surface area contributed by atoms with Crippen molar-refractivity contribution < 1.29 is 4.79 Å². The summed E-state index contributed by atoms with van der Waals surface area (Å²) in [5, 5.41) is 4.76. The first-order valence-electron chi connectivity index (χ1n) is 9.09. The lowest BCUT2D eigenvalue weighted by atomic mass is 10.0. The van der Waals surface area contributed by atoms with Gasteiger partial charge in [-0.3, -0.25) is 19.4 Å². The normalized spacial score (nSPS) is 17.8. The number of carbonyl (C=O) groups is 1. The van der Waals surface area contributed by atoms with Gasteiger partial charge in [-0.2, -0.15) is 5.10 Å². The SMILES string of the molecule is Cc1cncc(C(=O)N2CCc3c(CN4CCCC4)nn(C)c3C2)c1. The number of amides is 1. The Bertz CT molecular complexity index is 791. The van der Waals surface area contributed by atoms with Crippen LogP contribution in [0.15, 0.2) is 18.5 Å². The number of hydrogen-bond donors (Lipinski definition) is 0. The van der Waals surface area contributed by atoms with Crippen LogP contribution in [-0.4, -0.2) is 50.1 Å². The molecule has 0 saturated carbocycles. The lowest BCUT2D eigenvalue weighted by molar-refractivity contribution is 0.0729. The minimum Gasteiger partial charge on any atom is -0.332 e. The number of carbonyl (C=O) groups excluding carboxylic acids is 1. The Kier molecular flexibility index (Phi) is 4.29. The number of aromatic nitrogens is 3. The van der Waals surface area contributed by atoms with E-state index in [9.17, 15) is 4.79 Å². The van der Waals surface area contributed by atoms with Crippen LogP contribution in [0.2, 0.25) is 0 Å². The molecule has 132 valence electrons. The summed E-state index contributed by atoms with van der Waals surface area (Å²) in [5.41, 5.74) is 5.40. The molecule has 1 saturated heterocycles. The van der Waals surface area contributed by atoms with E-state index >= 15 is 0 Å². The molecule has 0 aromatic carbocycles. The van der Waals surface area contributed by atoms with Gasteiger partial charge in [0.25, 0.3) is 5.91 Å². The van der Waals surface area contributed by atoms with E-state index < -0.39 is 0 Å². The minimum absolute atomic E-state index is 0.0594. The first kappa shape index (κ1) is 16.3. The van der Waals surface area contributed by atoms with Gasteiger partial charge in [0.05, 0.1) is 23.5 Å². The Balaban J connectivity index is 1.53. The molecular weight excluding hydrogens is 314 g/mol. The van der Waals surface area contributed by atoms with Crippen molar-refractivity contribution in [2.75, 3.05) is 19.6 Å². The summed E-state index contributed by atoms with van der Waals surface area (Å²) in [6, 6.07) is 1.91. The molecule has 1 fully saturated rings. The third-order valence-corrected chi connectivity index (χ3v) is 5.31. The maximum atomic E-state index is 12.8. The molecule has 4 heterocycles. The molecule has 1 amide bonds. The fourth-order valence-corrected chi connectivity index (χ4v) is 3.96. The number of fused-ring (bicyclic) bond motifs is 1. The van der Waals surface area contributed by atoms with Gasteiger partial charge in [0.15, 0.2) is 0 Å². The van der Waals surface area contributed by atoms with Crippen molar-refractivity contribution in [2.24, 2.45) is 7.05 Å². The Morgan fingerprint density at radius 2 is 2.00 bits per heavy atom. The third kappa shape index (κ3) is 3.18. The van der Waals surface area contributed by atoms with Crippen LogP contribution in [0.5, 0.6) is 0 Å². The van der Waals surface area contributed by atoms with Gasteiger partial charge in [0.2, 0.25) is 0 Å². The van der Waals surface area contributed by atoms with Crippen molar-refractivity contribution in [3.63, 3.8) is 0 Å². The van der Waals surface area contributed by atoms with Gasteiger partial charge in [-0.25, -0.2) is 0 Å². The average molecular weight is 339 g/mol. The molecule has 0 atom stereocenters. The first-order valence-corrected chi connectivity index (χ1v) is 9.09. The van der Waals surface area contributed by atoms with E-state index in [0.29, 0.717) is 12.1 Å². The quantitative estimate of drug-likeness (QED) is 0.857. The highest BCUT2D eigenvalue weighted by molar-refractivity contribution is 5.94. The van der Waals surface area contributed by atoms with Crippen LogP contribution in [-0.2, 0) is 26.6 Å². The molecule has 25 heavy (non-hydrogen) atoms. The molecular formula is C19H25N5O. The lowest BCUT2D eigenvalue weighted by Crippen LogP contribution is -2.37. The molecule has 0 N–H and O–H groups in total. The van der Waals surface area contributed by atoms with Crippen molar-refractivity contribution in [1.29, 1.82) is 0 Å². The molecule has 2 aromatic rings. The second kappa shape index (κ2) is 6.59. The van der Waals surface area contributed by atoms with Crippen LogP contribution in [0, 0.1) is 6.92 Å². The third-order valence-electron chi connectivity index (χ3n) is 5.31. The van der Waals surface area contributed by atoms with Crippen LogP contribution < -0.4 is 0 Å². The van der Waals surface area contributed by atoms with Crippen molar-refractivity contribution in [3.05, 3.63) is 46.5 Å². The molecule has 0 aliphatic carbocycles. The smallest absolute Gasteiger partial charge is 0.255 e. The molecule has 0 spiro atoms. The lowest BCUT2D eigenvalue weighted by Gasteiger charge is -2.28. The number of likely N-dealkylation sites (tertiary alicyclic amines) is 1. The molecule has 0 bridgehead atoms. The highest BCUT2D eigenvalue weighted by Crippen LogP contribution is 2.25. The molecule has 6 heteroatoms. The second-order valence-electron chi connectivity index (χ2n) is 7.21. The van der Waals surface area contributed by atoms with E-state index in [2.05, 4.69) is 9.88 Å². The highest BCUT2D eigenvalue weighted by atomic mass is 16.2. The Hall–Kier alpha value is -2.21. The maximum absolute atomic E-state index is 12.8. The molecule has 0 unspecified atom stereocenters. The van der Waals surface area contributed by atoms with Gasteiger partial charge >= 0.3 is 0 Å². The second-order valence-corrected chi connectivity index (χ2v) is 7.21. The summed E-state index contributed by atoms with van der Waals surface area (Å²) in [7, 11) is 1.99. The van der Waals surface area contributed by atoms with Crippen molar-refractivity contribution >= 4 is 5.91 Å².